The van der Waals surface area contributed by atoms with Crippen LogP contribution in [0.5, 0.6) is 0 Å². The van der Waals surface area contributed by atoms with E-state index in [-0.39, 0.29) is 0 Å². The minimum Gasteiger partial charge on any atom is -0.298 e. The van der Waals surface area contributed by atoms with Crippen LogP contribution in [0.3, 0.4) is 0 Å². The second-order valence-electron chi connectivity index (χ2n) is 5.72. The van der Waals surface area contributed by atoms with Crippen molar-refractivity contribution >= 4 is 7.92 Å². The summed E-state index contributed by atoms with van der Waals surface area (Å²) in [6, 6.07) is 20.0. The molecule has 1 aliphatic heterocycles. The highest BCUT2D eigenvalue weighted by atomic mass is 31.1. The van der Waals surface area contributed by atoms with Crippen LogP contribution in [0.4, 0.5) is 0 Å². The molecule has 5 heteroatoms. The molecule has 2 aromatic carbocycles. The van der Waals surface area contributed by atoms with E-state index in [0.29, 0.717) is 12.1 Å². The van der Waals surface area contributed by atoms with Gasteiger partial charge in [-0.25, -0.2) is 0 Å². The molecule has 0 saturated carbocycles. The lowest BCUT2D eigenvalue weighted by Crippen LogP contribution is -2.28. The Kier molecular flexibility index (Phi) is 4.63. The first kappa shape index (κ1) is 15.9. The third-order valence-electron chi connectivity index (χ3n) is 4.57. The smallest absolute Gasteiger partial charge is 0.295 e. The zero-order chi connectivity index (χ0) is 16.3. The minimum absolute atomic E-state index is 0.344. The van der Waals surface area contributed by atoms with Gasteiger partial charge in [0.25, 0.3) is 5.09 Å². The van der Waals surface area contributed by atoms with Gasteiger partial charge in [-0.1, -0.05) is 75.5 Å². The molecule has 0 radical (unpaired) electrons. The van der Waals surface area contributed by atoms with Gasteiger partial charge in [-0.15, -0.1) is 10.1 Å². The molecule has 23 heavy (non-hydrogen) atoms. The molecule has 2 aromatic rings. The predicted molar refractivity (Wildman–Crippen MR) is 92.1 cm³/mol. The van der Waals surface area contributed by atoms with Gasteiger partial charge >= 0.3 is 0 Å². The Morgan fingerprint density at radius 2 is 1.78 bits per heavy atom. The second kappa shape index (κ2) is 6.67. The van der Waals surface area contributed by atoms with Crippen molar-refractivity contribution in [2.45, 2.75) is 30.8 Å². The van der Waals surface area contributed by atoms with E-state index in [0.717, 1.165) is 18.1 Å². The summed E-state index contributed by atoms with van der Waals surface area (Å²) in [6.45, 7) is 2.12. The molecule has 1 saturated heterocycles. The van der Waals surface area contributed by atoms with E-state index in [4.69, 9.17) is 4.84 Å². The van der Waals surface area contributed by atoms with Gasteiger partial charge in [0.05, 0.1) is 0 Å². The van der Waals surface area contributed by atoms with E-state index < -0.39 is 18.4 Å². The molecule has 1 aliphatic rings. The number of benzene rings is 2. The Morgan fingerprint density at radius 3 is 2.35 bits per heavy atom. The lowest BCUT2D eigenvalue weighted by Gasteiger charge is -2.35. The van der Waals surface area contributed by atoms with Gasteiger partial charge in [0.2, 0.25) is 0 Å². The molecule has 1 heterocycles. The maximum atomic E-state index is 11.2. The molecule has 3 rings (SSSR count). The van der Waals surface area contributed by atoms with Crippen molar-refractivity contribution in [2.24, 2.45) is 0 Å². The molecule has 3 atom stereocenters. The minimum atomic E-state index is -0.782. The number of rotatable bonds is 5. The highest BCUT2D eigenvalue weighted by molar-refractivity contribution is 7.59. The third-order valence-corrected chi connectivity index (χ3v) is 8.05. The zero-order valence-electron chi connectivity index (χ0n) is 13.1. The number of hydrogen-bond acceptors (Lipinski definition) is 3. The fourth-order valence-electron chi connectivity index (χ4n) is 3.66. The summed E-state index contributed by atoms with van der Waals surface area (Å²) in [5.41, 5.74) is 2.55. The quantitative estimate of drug-likeness (QED) is 0.436. The largest absolute Gasteiger partial charge is 0.298 e. The van der Waals surface area contributed by atoms with Crippen LogP contribution in [-0.2, 0) is 10.2 Å². The topological polar surface area (TPSA) is 52.4 Å². The third kappa shape index (κ3) is 2.96. The maximum absolute atomic E-state index is 11.2. The molecule has 0 N–H and O–H groups in total. The van der Waals surface area contributed by atoms with Crippen LogP contribution >= 0.6 is 7.92 Å². The van der Waals surface area contributed by atoms with E-state index >= 15 is 0 Å². The second-order valence-corrected chi connectivity index (χ2v) is 8.63. The molecule has 0 aromatic heterocycles. The summed E-state index contributed by atoms with van der Waals surface area (Å²) in [7, 11) is -0.703. The Morgan fingerprint density at radius 1 is 1.17 bits per heavy atom. The molecule has 0 bridgehead atoms. The van der Waals surface area contributed by atoms with Gasteiger partial charge in [-0.3, -0.25) is 4.84 Å². The van der Waals surface area contributed by atoms with Crippen molar-refractivity contribution in [2.75, 3.05) is 6.16 Å². The van der Waals surface area contributed by atoms with Gasteiger partial charge in [-0.2, -0.15) is 0 Å². The molecule has 0 aliphatic carbocycles. The van der Waals surface area contributed by atoms with Gasteiger partial charge in [0.1, 0.15) is 0 Å². The van der Waals surface area contributed by atoms with Crippen LogP contribution in [0.15, 0.2) is 60.7 Å². The first-order valence-corrected chi connectivity index (χ1v) is 9.47. The normalized spacial score (nSPS) is 26.8. The summed E-state index contributed by atoms with van der Waals surface area (Å²) >= 11 is 0. The van der Waals surface area contributed by atoms with Crippen molar-refractivity contribution in [3.05, 3.63) is 81.9 Å². The van der Waals surface area contributed by atoms with Crippen molar-refractivity contribution < 1.29 is 9.92 Å². The average molecular weight is 329 g/mol. The predicted octanol–water partition coefficient (Wildman–Crippen LogP) is 5.08. The van der Waals surface area contributed by atoms with E-state index in [1.165, 1.54) is 5.56 Å². The highest BCUT2D eigenvalue weighted by Gasteiger charge is 2.51. The van der Waals surface area contributed by atoms with Gasteiger partial charge in [0.15, 0.2) is 5.34 Å². The lowest BCUT2D eigenvalue weighted by atomic mass is 10.0. The monoisotopic (exact) mass is 329 g/mol. The van der Waals surface area contributed by atoms with Crippen LogP contribution in [0.1, 0.15) is 36.6 Å². The molecule has 4 nitrogen and oxygen atoms in total. The summed E-state index contributed by atoms with van der Waals surface area (Å²) in [4.78, 5) is 16.6. The standard InChI is InChI=1S/C18H20NO3P/c1-2-23-17(15-9-5-3-6-10-15)13-14-18(23,22-19(20)21)16-11-7-4-8-12-16/h3-12,17H,2,13-14H2,1H3/t17-,18-,23?/m1/s1. The molecule has 0 amide bonds. The van der Waals surface area contributed by atoms with Crippen LogP contribution in [0, 0.1) is 10.1 Å². The van der Waals surface area contributed by atoms with Crippen LogP contribution in [-0.4, -0.2) is 11.2 Å². The zero-order valence-corrected chi connectivity index (χ0v) is 14.0. The lowest BCUT2D eigenvalue weighted by molar-refractivity contribution is -0.776. The SMILES string of the molecule is CCP1[C@@H](c2ccccc2)CC[C@]1(O[N+](=O)[O-])c1ccccc1. The van der Waals surface area contributed by atoms with Crippen LogP contribution in [0.2, 0.25) is 0 Å². The summed E-state index contributed by atoms with van der Waals surface area (Å²) in [6.07, 6.45) is 2.51. The fraction of sp³-hybridized carbons (Fsp3) is 0.333. The molecule has 120 valence electrons. The molecular formula is C18H20NO3P. The van der Waals surface area contributed by atoms with Crippen molar-refractivity contribution in [1.82, 2.24) is 0 Å². The maximum Gasteiger partial charge on any atom is 0.295 e. The average Bonchev–Trinajstić information content (AvgIpc) is 2.95. The first-order chi connectivity index (χ1) is 11.2. The van der Waals surface area contributed by atoms with Crippen molar-refractivity contribution in [3.63, 3.8) is 0 Å². The molecule has 1 fully saturated rings. The van der Waals surface area contributed by atoms with Gasteiger partial charge in [-0.05, 0) is 30.1 Å². The highest BCUT2D eigenvalue weighted by Crippen LogP contribution is 2.73. The van der Waals surface area contributed by atoms with Crippen LogP contribution < -0.4 is 0 Å². The number of nitrogens with zero attached hydrogens (tertiary/aromatic N) is 1. The van der Waals surface area contributed by atoms with Crippen LogP contribution in [0.25, 0.3) is 0 Å². The van der Waals surface area contributed by atoms with Crippen molar-refractivity contribution in [3.8, 4) is 0 Å². The van der Waals surface area contributed by atoms with Crippen molar-refractivity contribution in [1.29, 1.82) is 0 Å². The van der Waals surface area contributed by atoms with E-state index in [2.05, 4.69) is 19.1 Å². The Hall–Kier alpha value is -1.93. The molecular weight excluding hydrogens is 309 g/mol. The summed E-state index contributed by atoms with van der Waals surface area (Å²) < 4.78 is 0. The summed E-state index contributed by atoms with van der Waals surface area (Å²) in [5, 5.41) is 9.84. The van der Waals surface area contributed by atoms with E-state index in [1.807, 2.05) is 48.5 Å². The Balaban J connectivity index is 2.04. The van der Waals surface area contributed by atoms with Gasteiger partial charge in [0, 0.05) is 5.66 Å². The number of hydrogen-bond donors (Lipinski definition) is 0. The Bertz CT molecular complexity index is 664. The Labute approximate surface area is 137 Å². The van der Waals surface area contributed by atoms with E-state index in [9.17, 15) is 10.1 Å². The summed E-state index contributed by atoms with van der Waals surface area (Å²) in [5.74, 6) is 0. The first-order valence-electron chi connectivity index (χ1n) is 7.88. The molecule has 0 spiro atoms. The van der Waals surface area contributed by atoms with E-state index in [1.54, 1.807) is 0 Å². The van der Waals surface area contributed by atoms with Gasteiger partial charge < -0.3 is 0 Å². The molecule has 1 unspecified atom stereocenters. The fourth-order valence-corrected chi connectivity index (χ4v) is 7.16.